The molecule has 1 unspecified atom stereocenters. The van der Waals surface area contributed by atoms with Crippen molar-refractivity contribution >= 4 is 19.7 Å². The van der Waals surface area contributed by atoms with E-state index in [0.29, 0.717) is 0 Å². The van der Waals surface area contributed by atoms with Crippen molar-refractivity contribution in [2.24, 2.45) is 0 Å². The van der Waals surface area contributed by atoms with Crippen LogP contribution in [-0.2, 0) is 36.1 Å². The molecule has 0 radical (unpaired) electrons. The highest BCUT2D eigenvalue weighted by atomic mass is 31.2. The van der Waals surface area contributed by atoms with E-state index < -0.39 is 19.2 Å². The third-order valence-corrected chi connectivity index (χ3v) is 5.71. The van der Waals surface area contributed by atoms with Crippen LogP contribution in [0.15, 0.2) is 84.9 Å². The summed E-state index contributed by atoms with van der Waals surface area (Å²) in [5, 5.41) is 18.6. The predicted octanol–water partition coefficient (Wildman–Crippen LogP) is 4.16. The Hall–Kier alpha value is -3.08. The van der Waals surface area contributed by atoms with Gasteiger partial charge < -0.3 is 14.7 Å². The molecule has 0 aliphatic heterocycles. The number of carbonyl (C=O) groups excluding carboxylic acids is 1. The minimum atomic E-state index is -3.98. The summed E-state index contributed by atoms with van der Waals surface area (Å²) in [4.78, 5) is 11.8. The molecule has 2 N–H and O–H groups in total. The molecule has 34 heavy (non-hydrogen) atoms. The summed E-state index contributed by atoms with van der Waals surface area (Å²) in [6.45, 7) is -0.544. The first kappa shape index (κ1) is 25.5. The summed E-state index contributed by atoms with van der Waals surface area (Å²) in [7, 11) is -3.98. The van der Waals surface area contributed by atoms with Crippen molar-refractivity contribution in [3.63, 3.8) is 0 Å². The normalized spacial score (nSPS) is 12.2. The maximum Gasteiger partial charge on any atom is 0.513 e. The second-order valence-electron chi connectivity index (χ2n) is 6.83. The molecule has 180 valence electrons. The molecule has 0 aliphatic carbocycles. The lowest BCUT2D eigenvalue weighted by molar-refractivity contribution is -0.991. The number of hydrogen-bond donors (Lipinski definition) is 2. The van der Waals surface area contributed by atoms with Gasteiger partial charge in [0, 0.05) is 12.1 Å². The van der Waals surface area contributed by atoms with Crippen molar-refractivity contribution < 1.29 is 42.8 Å². The molecule has 0 saturated heterocycles. The van der Waals surface area contributed by atoms with E-state index in [2.05, 4.69) is 0 Å². The van der Waals surface area contributed by atoms with Crippen LogP contribution in [0.25, 0.3) is 0 Å². The molecule has 0 saturated carbocycles. The first-order valence-electron chi connectivity index (χ1n) is 10.2. The van der Waals surface area contributed by atoms with Crippen molar-refractivity contribution in [1.29, 1.82) is 0 Å². The van der Waals surface area contributed by atoms with Gasteiger partial charge in [-0.1, -0.05) is 60.7 Å². The molecule has 0 fully saturated rings. The van der Waals surface area contributed by atoms with Gasteiger partial charge in [-0.3, -0.25) is 13.6 Å². The molecule has 3 aromatic rings. The van der Waals surface area contributed by atoms with E-state index in [0.717, 1.165) is 11.1 Å². The molecule has 0 aromatic heterocycles. The first-order valence-corrected chi connectivity index (χ1v) is 11.7. The Morgan fingerprint density at radius 2 is 1.32 bits per heavy atom. The monoisotopic (exact) mass is 489 g/mol. The minimum Gasteiger partial charge on any atom is -0.595 e. The highest BCUT2D eigenvalue weighted by molar-refractivity contribution is 7.48. The van der Waals surface area contributed by atoms with Gasteiger partial charge in [0.25, 0.3) is 0 Å². The maximum atomic E-state index is 13.1. The Balaban J connectivity index is 1.49. The van der Waals surface area contributed by atoms with Gasteiger partial charge in [-0.2, -0.15) is 5.23 Å². The third-order valence-electron chi connectivity index (χ3n) is 4.32. The number of carbonyl (C=O) groups is 1. The van der Waals surface area contributed by atoms with Crippen LogP contribution in [0.2, 0.25) is 0 Å². The van der Waals surface area contributed by atoms with Gasteiger partial charge in [-0.25, -0.2) is 14.6 Å². The zero-order valence-electron chi connectivity index (χ0n) is 18.1. The zero-order chi connectivity index (χ0) is 24.2. The molecule has 11 heteroatoms. The SMILES string of the molecule is O=C(OCCOP(=O)(OCc1ccccc1)OCc1ccccc1)Oc1ccc([NH+]([O-])O)cc1. The number of nitrogens with one attached hydrogen (secondary N) is 1. The van der Waals surface area contributed by atoms with Crippen LogP contribution in [-0.4, -0.2) is 24.6 Å². The third kappa shape index (κ3) is 8.69. The van der Waals surface area contributed by atoms with E-state index in [1.807, 2.05) is 60.7 Å². The lowest BCUT2D eigenvalue weighted by atomic mass is 10.2. The molecule has 3 aromatic carbocycles. The Morgan fingerprint density at radius 3 is 1.82 bits per heavy atom. The molecule has 0 heterocycles. The summed E-state index contributed by atoms with van der Waals surface area (Å²) >= 11 is 0. The van der Waals surface area contributed by atoms with Crippen molar-refractivity contribution in [1.82, 2.24) is 0 Å². The number of phosphoric ester groups is 1. The first-order chi connectivity index (χ1) is 16.4. The summed E-state index contributed by atoms with van der Waals surface area (Å²) in [5.74, 6) is 0.110. The number of phosphoric acid groups is 1. The van der Waals surface area contributed by atoms with Crippen molar-refractivity contribution in [3.05, 3.63) is 101 Å². The number of quaternary nitrogens is 1. The summed E-state index contributed by atoms with van der Waals surface area (Å²) in [5.41, 5.74) is 1.61. The minimum absolute atomic E-state index is 0.00213. The second kappa shape index (κ2) is 13.0. The average Bonchev–Trinajstić information content (AvgIpc) is 2.86. The van der Waals surface area contributed by atoms with Crippen LogP contribution >= 0.6 is 7.82 Å². The van der Waals surface area contributed by atoms with Crippen molar-refractivity contribution in [3.8, 4) is 5.75 Å². The largest absolute Gasteiger partial charge is 0.595 e. The Kier molecular flexibility index (Phi) is 9.75. The standard InChI is InChI=1S/C23H24NO9P/c25-23(33-22-13-11-21(12-14-22)24(26)27)29-15-16-30-34(28,31-17-19-7-3-1-4-8-19)32-18-20-9-5-2-6-10-20/h1-14,24,26H,15-18H2. The van der Waals surface area contributed by atoms with E-state index >= 15 is 0 Å². The van der Waals surface area contributed by atoms with Crippen LogP contribution in [0.5, 0.6) is 5.75 Å². The van der Waals surface area contributed by atoms with Crippen LogP contribution in [0.4, 0.5) is 10.5 Å². The lowest BCUT2D eigenvalue weighted by Crippen LogP contribution is -2.99. The Morgan fingerprint density at radius 1 is 0.794 bits per heavy atom. The summed E-state index contributed by atoms with van der Waals surface area (Å²) in [6.07, 6.45) is -1.03. The topological polar surface area (TPSA) is 128 Å². The van der Waals surface area contributed by atoms with Crippen molar-refractivity contribution in [2.75, 3.05) is 13.2 Å². The predicted molar refractivity (Wildman–Crippen MR) is 120 cm³/mol. The fraction of sp³-hybridized carbons (Fsp3) is 0.174. The van der Waals surface area contributed by atoms with E-state index in [4.69, 9.17) is 28.3 Å². The second-order valence-corrected chi connectivity index (χ2v) is 8.50. The molecule has 0 bridgehead atoms. The number of benzene rings is 3. The van der Waals surface area contributed by atoms with E-state index in [1.54, 1.807) is 0 Å². The molecule has 0 aliphatic rings. The van der Waals surface area contributed by atoms with E-state index in [9.17, 15) is 14.6 Å². The van der Waals surface area contributed by atoms with Crippen LogP contribution in [0, 0.1) is 5.21 Å². The van der Waals surface area contributed by atoms with Gasteiger partial charge in [0.15, 0.2) is 5.69 Å². The number of rotatable bonds is 12. The van der Waals surface area contributed by atoms with Crippen LogP contribution < -0.4 is 9.96 Å². The molecule has 10 nitrogen and oxygen atoms in total. The van der Waals surface area contributed by atoms with Gasteiger partial charge >= 0.3 is 14.0 Å². The van der Waals surface area contributed by atoms with Crippen LogP contribution in [0.3, 0.4) is 0 Å². The zero-order valence-corrected chi connectivity index (χ0v) is 19.0. The van der Waals surface area contributed by atoms with Crippen molar-refractivity contribution in [2.45, 2.75) is 13.2 Å². The fourth-order valence-corrected chi connectivity index (χ4v) is 3.77. The highest BCUT2D eigenvalue weighted by Crippen LogP contribution is 2.50. The summed E-state index contributed by atoms with van der Waals surface area (Å²) in [6, 6.07) is 23.5. The molecular weight excluding hydrogens is 465 g/mol. The van der Waals surface area contributed by atoms with Gasteiger partial charge in [-0.15, -0.1) is 0 Å². The smallest absolute Gasteiger partial charge is 0.513 e. The Labute approximate surface area is 196 Å². The van der Waals surface area contributed by atoms with Gasteiger partial charge in [0.1, 0.15) is 12.4 Å². The van der Waals surface area contributed by atoms with Gasteiger partial charge in [-0.05, 0) is 23.3 Å². The molecule has 0 spiro atoms. The van der Waals surface area contributed by atoms with Crippen LogP contribution in [0.1, 0.15) is 11.1 Å². The Bertz CT molecular complexity index is 1020. The number of ether oxygens (including phenoxy) is 2. The molecular formula is C23H24NO9P. The fourth-order valence-electron chi connectivity index (χ4n) is 2.63. The number of hydrogen-bond acceptors (Lipinski definition) is 9. The van der Waals surface area contributed by atoms with Gasteiger partial charge in [0.05, 0.1) is 19.8 Å². The molecule has 3 rings (SSSR count). The van der Waals surface area contributed by atoms with E-state index in [-0.39, 0.29) is 37.9 Å². The highest BCUT2D eigenvalue weighted by Gasteiger charge is 2.27. The van der Waals surface area contributed by atoms with Gasteiger partial charge in [0.2, 0.25) is 0 Å². The average molecular weight is 489 g/mol. The van der Waals surface area contributed by atoms with E-state index in [1.165, 1.54) is 24.3 Å². The quantitative estimate of drug-likeness (QED) is 0.127. The lowest BCUT2D eigenvalue weighted by Gasteiger charge is -2.18. The molecule has 1 atom stereocenters. The molecule has 0 amide bonds. The summed E-state index contributed by atoms with van der Waals surface area (Å²) < 4.78 is 39.2. The maximum absolute atomic E-state index is 13.1.